The van der Waals surface area contributed by atoms with Gasteiger partial charge >= 0.3 is 0 Å². The monoisotopic (exact) mass is 250 g/mol. The lowest BCUT2D eigenvalue weighted by molar-refractivity contribution is 0.0722. The number of amides is 1. The standard InChI is InChI=1S/C13H18N2OS/c1-4-15(10(2)3)13(16)12-8-7-11(17-12)6-5-9-14/h7-8,10H,4,9,14H2,1-3H3. The van der Waals surface area contributed by atoms with E-state index in [-0.39, 0.29) is 11.9 Å². The summed E-state index contributed by atoms with van der Waals surface area (Å²) < 4.78 is 0. The van der Waals surface area contributed by atoms with Gasteiger partial charge in [0.05, 0.1) is 16.3 Å². The quantitative estimate of drug-likeness (QED) is 0.833. The Hall–Kier alpha value is -1.31. The van der Waals surface area contributed by atoms with Gasteiger partial charge < -0.3 is 10.6 Å². The van der Waals surface area contributed by atoms with Crippen molar-refractivity contribution in [3.63, 3.8) is 0 Å². The zero-order valence-electron chi connectivity index (χ0n) is 10.5. The van der Waals surface area contributed by atoms with Crippen LogP contribution in [0.2, 0.25) is 0 Å². The van der Waals surface area contributed by atoms with Gasteiger partial charge in [-0.3, -0.25) is 4.79 Å². The predicted molar refractivity (Wildman–Crippen MR) is 72.1 cm³/mol. The second kappa shape index (κ2) is 6.43. The van der Waals surface area contributed by atoms with Crippen LogP contribution in [-0.4, -0.2) is 29.9 Å². The predicted octanol–water partition coefficient (Wildman–Crippen LogP) is 1.93. The van der Waals surface area contributed by atoms with Crippen LogP contribution in [0, 0.1) is 11.8 Å². The molecule has 4 heteroatoms. The minimum atomic E-state index is 0.0771. The molecule has 0 aliphatic heterocycles. The highest BCUT2D eigenvalue weighted by atomic mass is 32.1. The number of carbonyl (C=O) groups is 1. The molecule has 92 valence electrons. The van der Waals surface area contributed by atoms with Gasteiger partial charge in [0.15, 0.2) is 0 Å². The fourth-order valence-corrected chi connectivity index (χ4v) is 2.38. The molecule has 0 aromatic carbocycles. The first-order chi connectivity index (χ1) is 8.10. The maximum atomic E-state index is 12.2. The third-order valence-electron chi connectivity index (χ3n) is 2.36. The topological polar surface area (TPSA) is 46.3 Å². The molecular weight excluding hydrogens is 232 g/mol. The van der Waals surface area contributed by atoms with Crippen LogP contribution in [0.4, 0.5) is 0 Å². The van der Waals surface area contributed by atoms with Gasteiger partial charge in [-0.05, 0) is 32.9 Å². The molecule has 2 N–H and O–H groups in total. The summed E-state index contributed by atoms with van der Waals surface area (Å²) in [5.41, 5.74) is 5.31. The van der Waals surface area contributed by atoms with Crippen molar-refractivity contribution in [2.75, 3.05) is 13.1 Å². The summed E-state index contributed by atoms with van der Waals surface area (Å²) in [6, 6.07) is 3.92. The van der Waals surface area contributed by atoms with E-state index < -0.39 is 0 Å². The Balaban J connectivity index is 2.86. The van der Waals surface area contributed by atoms with E-state index in [0.29, 0.717) is 6.54 Å². The van der Waals surface area contributed by atoms with Crippen molar-refractivity contribution in [1.29, 1.82) is 0 Å². The van der Waals surface area contributed by atoms with Gasteiger partial charge in [0.1, 0.15) is 0 Å². The summed E-state index contributed by atoms with van der Waals surface area (Å²) in [5.74, 6) is 5.80. The lowest BCUT2D eigenvalue weighted by Gasteiger charge is -2.24. The number of rotatable bonds is 3. The molecule has 17 heavy (non-hydrogen) atoms. The van der Waals surface area contributed by atoms with Gasteiger partial charge in [0, 0.05) is 12.6 Å². The molecule has 0 aliphatic rings. The van der Waals surface area contributed by atoms with E-state index in [2.05, 4.69) is 11.8 Å². The molecular formula is C13H18N2OS. The van der Waals surface area contributed by atoms with Gasteiger partial charge in [-0.15, -0.1) is 11.3 Å². The van der Waals surface area contributed by atoms with Crippen LogP contribution in [0.3, 0.4) is 0 Å². The first-order valence-electron chi connectivity index (χ1n) is 5.69. The van der Waals surface area contributed by atoms with Crippen molar-refractivity contribution >= 4 is 17.2 Å². The first kappa shape index (κ1) is 13.8. The molecule has 0 bridgehead atoms. The molecule has 1 rings (SSSR count). The van der Waals surface area contributed by atoms with Crippen molar-refractivity contribution in [3.8, 4) is 11.8 Å². The van der Waals surface area contributed by atoms with E-state index in [4.69, 9.17) is 5.73 Å². The summed E-state index contributed by atoms with van der Waals surface area (Å²) in [4.78, 5) is 15.6. The first-order valence-corrected chi connectivity index (χ1v) is 6.51. The maximum absolute atomic E-state index is 12.2. The second-order valence-corrected chi connectivity index (χ2v) is 4.94. The van der Waals surface area contributed by atoms with Crippen LogP contribution in [0.5, 0.6) is 0 Å². The van der Waals surface area contributed by atoms with Gasteiger partial charge in [0.2, 0.25) is 0 Å². The normalized spacial score (nSPS) is 9.94. The van der Waals surface area contributed by atoms with E-state index in [1.165, 1.54) is 11.3 Å². The van der Waals surface area contributed by atoms with Crippen LogP contribution < -0.4 is 5.73 Å². The van der Waals surface area contributed by atoms with Crippen molar-refractivity contribution in [2.45, 2.75) is 26.8 Å². The van der Waals surface area contributed by atoms with Gasteiger partial charge in [-0.2, -0.15) is 0 Å². The minimum absolute atomic E-state index is 0.0771. The Morgan fingerprint density at radius 1 is 1.53 bits per heavy atom. The lowest BCUT2D eigenvalue weighted by Crippen LogP contribution is -2.36. The van der Waals surface area contributed by atoms with Crippen LogP contribution in [-0.2, 0) is 0 Å². The molecule has 1 aromatic heterocycles. The average Bonchev–Trinajstić information content (AvgIpc) is 2.75. The molecule has 1 aromatic rings. The van der Waals surface area contributed by atoms with Crippen molar-refractivity contribution in [2.24, 2.45) is 5.73 Å². The third kappa shape index (κ3) is 3.58. The number of thiophene rings is 1. The Labute approximate surface area is 107 Å². The molecule has 0 saturated heterocycles. The largest absolute Gasteiger partial charge is 0.336 e. The van der Waals surface area contributed by atoms with Crippen LogP contribution in [0.25, 0.3) is 0 Å². The fourth-order valence-electron chi connectivity index (χ4n) is 1.54. The summed E-state index contributed by atoms with van der Waals surface area (Å²) in [5, 5.41) is 0. The fraction of sp³-hybridized carbons (Fsp3) is 0.462. The number of hydrogen-bond acceptors (Lipinski definition) is 3. The highest BCUT2D eigenvalue weighted by Crippen LogP contribution is 2.18. The molecule has 0 aliphatic carbocycles. The molecule has 0 saturated carbocycles. The summed E-state index contributed by atoms with van der Waals surface area (Å²) in [7, 11) is 0. The van der Waals surface area contributed by atoms with Crippen molar-refractivity contribution in [3.05, 3.63) is 21.9 Å². The van der Waals surface area contributed by atoms with E-state index >= 15 is 0 Å². The SMILES string of the molecule is CCN(C(=O)c1ccc(C#CCN)s1)C(C)C. The zero-order chi connectivity index (χ0) is 12.8. The van der Waals surface area contributed by atoms with Crippen LogP contribution >= 0.6 is 11.3 Å². The van der Waals surface area contributed by atoms with E-state index in [1.54, 1.807) is 0 Å². The Kier molecular flexibility index (Phi) is 5.20. The molecule has 3 nitrogen and oxygen atoms in total. The van der Waals surface area contributed by atoms with Gasteiger partial charge in [0.25, 0.3) is 5.91 Å². The van der Waals surface area contributed by atoms with Crippen molar-refractivity contribution in [1.82, 2.24) is 4.90 Å². The lowest BCUT2D eigenvalue weighted by atomic mass is 10.3. The highest BCUT2D eigenvalue weighted by Gasteiger charge is 2.18. The molecule has 0 radical (unpaired) electrons. The smallest absolute Gasteiger partial charge is 0.264 e. The van der Waals surface area contributed by atoms with Crippen LogP contribution in [0.1, 0.15) is 35.3 Å². The Morgan fingerprint density at radius 2 is 2.24 bits per heavy atom. The van der Waals surface area contributed by atoms with E-state index in [1.807, 2.05) is 37.8 Å². The third-order valence-corrected chi connectivity index (χ3v) is 3.34. The summed E-state index contributed by atoms with van der Waals surface area (Å²) in [6.45, 7) is 7.08. The Bertz CT molecular complexity index is 440. The number of nitrogens with zero attached hydrogens (tertiary/aromatic N) is 1. The number of nitrogens with two attached hydrogens (primary N) is 1. The number of carbonyl (C=O) groups excluding carboxylic acids is 1. The average molecular weight is 250 g/mol. The molecule has 0 unspecified atom stereocenters. The highest BCUT2D eigenvalue weighted by molar-refractivity contribution is 7.14. The van der Waals surface area contributed by atoms with E-state index in [0.717, 1.165) is 16.3 Å². The zero-order valence-corrected chi connectivity index (χ0v) is 11.3. The van der Waals surface area contributed by atoms with Gasteiger partial charge in [-0.25, -0.2) is 0 Å². The van der Waals surface area contributed by atoms with Crippen molar-refractivity contribution < 1.29 is 4.79 Å². The molecule has 0 atom stereocenters. The molecule has 1 heterocycles. The number of hydrogen-bond donors (Lipinski definition) is 1. The summed E-state index contributed by atoms with van der Waals surface area (Å²) >= 11 is 1.42. The molecule has 0 fully saturated rings. The van der Waals surface area contributed by atoms with Gasteiger partial charge in [-0.1, -0.05) is 11.8 Å². The molecule has 1 amide bonds. The second-order valence-electron chi connectivity index (χ2n) is 3.85. The Morgan fingerprint density at radius 3 is 2.76 bits per heavy atom. The van der Waals surface area contributed by atoms with Crippen LogP contribution in [0.15, 0.2) is 12.1 Å². The molecule has 0 spiro atoms. The minimum Gasteiger partial charge on any atom is -0.336 e. The van der Waals surface area contributed by atoms with E-state index in [9.17, 15) is 4.79 Å². The maximum Gasteiger partial charge on any atom is 0.264 e. The summed E-state index contributed by atoms with van der Waals surface area (Å²) in [6.07, 6.45) is 0.